The third-order valence-corrected chi connectivity index (χ3v) is 5.97. The Bertz CT molecular complexity index is 1070. The number of carbonyl (C=O) groups excluding carboxylic acids is 2. The van der Waals surface area contributed by atoms with Gasteiger partial charge in [0.2, 0.25) is 0 Å². The molecular weight excluding hydrogens is 424 g/mol. The van der Waals surface area contributed by atoms with Crippen LogP contribution in [0.2, 0.25) is 0 Å². The molecule has 0 unspecified atom stereocenters. The molecule has 0 saturated heterocycles. The highest BCUT2D eigenvalue weighted by atomic mass is 32.1. The van der Waals surface area contributed by atoms with Gasteiger partial charge in [0.05, 0.1) is 30.8 Å². The van der Waals surface area contributed by atoms with E-state index in [0.29, 0.717) is 25.1 Å². The van der Waals surface area contributed by atoms with E-state index in [4.69, 9.17) is 4.74 Å². The van der Waals surface area contributed by atoms with Crippen LogP contribution in [0.15, 0.2) is 30.6 Å². The van der Waals surface area contributed by atoms with E-state index in [0.717, 1.165) is 39.7 Å². The standard InChI is InChI=1S/C24H30N4O3S/c1-5-31-23(30)13-17-10-16(8-9-25-17)6-7-20-15-26-22(32-20)14-19(29)11-18-12-21(28-27-18)24(2,3)4/h8-10,12,15H,5-7,11,13-14H2,1-4H3,(H,27,28). The lowest BCUT2D eigenvalue weighted by Gasteiger charge is -2.13. The first kappa shape index (κ1) is 23.8. The summed E-state index contributed by atoms with van der Waals surface area (Å²) in [6.07, 6.45) is 6.05. The number of ketones is 1. The Balaban J connectivity index is 1.50. The van der Waals surface area contributed by atoms with E-state index in [1.54, 1.807) is 24.5 Å². The first-order valence-electron chi connectivity index (χ1n) is 10.8. The van der Waals surface area contributed by atoms with Crippen molar-refractivity contribution >= 4 is 23.1 Å². The number of hydrogen-bond acceptors (Lipinski definition) is 7. The van der Waals surface area contributed by atoms with E-state index in [9.17, 15) is 9.59 Å². The fourth-order valence-corrected chi connectivity index (χ4v) is 4.18. The van der Waals surface area contributed by atoms with E-state index in [-0.39, 0.29) is 23.6 Å². The summed E-state index contributed by atoms with van der Waals surface area (Å²) in [6, 6.07) is 5.87. The van der Waals surface area contributed by atoms with Crippen molar-refractivity contribution in [3.05, 3.63) is 63.1 Å². The average Bonchev–Trinajstić information content (AvgIpc) is 3.36. The van der Waals surface area contributed by atoms with Crippen molar-refractivity contribution in [1.29, 1.82) is 0 Å². The van der Waals surface area contributed by atoms with Gasteiger partial charge in [-0.05, 0) is 43.5 Å². The molecule has 3 aromatic heterocycles. The predicted molar refractivity (Wildman–Crippen MR) is 124 cm³/mol. The summed E-state index contributed by atoms with van der Waals surface area (Å²) in [6.45, 7) is 8.45. The van der Waals surface area contributed by atoms with Crippen LogP contribution in [0.3, 0.4) is 0 Å². The van der Waals surface area contributed by atoms with Gasteiger partial charge in [-0.15, -0.1) is 11.3 Å². The summed E-state index contributed by atoms with van der Waals surface area (Å²) < 4.78 is 4.98. The zero-order valence-electron chi connectivity index (χ0n) is 19.1. The summed E-state index contributed by atoms with van der Waals surface area (Å²) in [4.78, 5) is 33.9. The minimum atomic E-state index is -0.265. The molecule has 170 valence electrons. The zero-order chi connectivity index (χ0) is 23.1. The van der Waals surface area contributed by atoms with Gasteiger partial charge in [-0.25, -0.2) is 4.98 Å². The largest absolute Gasteiger partial charge is 0.466 e. The number of nitrogens with one attached hydrogen (secondary N) is 1. The van der Waals surface area contributed by atoms with Gasteiger partial charge in [-0.3, -0.25) is 19.7 Å². The topological polar surface area (TPSA) is 97.8 Å². The second kappa shape index (κ2) is 10.6. The van der Waals surface area contributed by atoms with Gasteiger partial charge in [0.15, 0.2) is 0 Å². The molecule has 32 heavy (non-hydrogen) atoms. The molecule has 0 radical (unpaired) electrons. The smallest absolute Gasteiger partial charge is 0.311 e. The quantitative estimate of drug-likeness (QED) is 0.468. The Morgan fingerprint density at radius 3 is 2.62 bits per heavy atom. The molecule has 0 fully saturated rings. The molecule has 0 aliphatic rings. The van der Waals surface area contributed by atoms with Gasteiger partial charge in [-0.2, -0.15) is 5.10 Å². The fourth-order valence-electron chi connectivity index (χ4n) is 3.23. The Morgan fingerprint density at radius 2 is 1.91 bits per heavy atom. The molecule has 0 atom stereocenters. The van der Waals surface area contributed by atoms with Crippen molar-refractivity contribution in [3.8, 4) is 0 Å². The Kier molecular flexibility index (Phi) is 7.90. The van der Waals surface area contributed by atoms with Gasteiger partial charge in [0.1, 0.15) is 10.8 Å². The van der Waals surface area contributed by atoms with E-state index < -0.39 is 0 Å². The van der Waals surface area contributed by atoms with Crippen LogP contribution in [0.5, 0.6) is 0 Å². The highest BCUT2D eigenvalue weighted by Gasteiger charge is 2.18. The van der Waals surface area contributed by atoms with Gasteiger partial charge < -0.3 is 4.74 Å². The van der Waals surface area contributed by atoms with Crippen molar-refractivity contribution in [2.45, 2.75) is 65.2 Å². The normalized spacial score (nSPS) is 11.5. The van der Waals surface area contributed by atoms with Crippen LogP contribution in [-0.4, -0.2) is 38.5 Å². The maximum atomic E-state index is 12.5. The number of thiazole rings is 1. The van der Waals surface area contributed by atoms with E-state index in [1.165, 1.54) is 0 Å². The number of ether oxygens (including phenoxy) is 1. The monoisotopic (exact) mass is 454 g/mol. The van der Waals surface area contributed by atoms with Crippen molar-refractivity contribution in [2.24, 2.45) is 0 Å². The Labute approximate surface area is 192 Å². The first-order chi connectivity index (χ1) is 15.2. The number of pyridine rings is 1. The number of aromatic amines is 1. The molecule has 1 N–H and O–H groups in total. The number of hydrogen-bond donors (Lipinski definition) is 1. The van der Waals surface area contributed by atoms with Crippen LogP contribution < -0.4 is 0 Å². The van der Waals surface area contributed by atoms with Crippen LogP contribution in [0, 0.1) is 0 Å². The molecular formula is C24H30N4O3S. The lowest BCUT2D eigenvalue weighted by atomic mass is 9.92. The number of esters is 1. The van der Waals surface area contributed by atoms with Crippen molar-refractivity contribution in [2.75, 3.05) is 6.61 Å². The minimum Gasteiger partial charge on any atom is -0.466 e. The summed E-state index contributed by atoms with van der Waals surface area (Å²) in [5.74, 6) is -0.147. The predicted octanol–water partition coefficient (Wildman–Crippen LogP) is 3.80. The molecule has 0 amide bonds. The van der Waals surface area contributed by atoms with E-state index in [2.05, 4.69) is 40.9 Å². The zero-order valence-corrected chi connectivity index (χ0v) is 19.9. The second-order valence-electron chi connectivity index (χ2n) is 8.78. The summed E-state index contributed by atoms with van der Waals surface area (Å²) in [5.41, 5.74) is 3.58. The number of carbonyl (C=O) groups is 2. The summed E-state index contributed by atoms with van der Waals surface area (Å²) in [5, 5.41) is 8.12. The maximum Gasteiger partial charge on any atom is 0.311 e. The first-order valence-corrected chi connectivity index (χ1v) is 11.6. The maximum absolute atomic E-state index is 12.5. The van der Waals surface area contributed by atoms with Crippen molar-refractivity contribution in [3.63, 3.8) is 0 Å². The minimum absolute atomic E-state index is 0.0452. The molecule has 3 rings (SSSR count). The molecule has 0 bridgehead atoms. The highest BCUT2D eigenvalue weighted by Crippen LogP contribution is 2.21. The van der Waals surface area contributed by atoms with E-state index >= 15 is 0 Å². The average molecular weight is 455 g/mol. The Morgan fingerprint density at radius 1 is 1.09 bits per heavy atom. The van der Waals surface area contributed by atoms with Gasteiger partial charge >= 0.3 is 5.97 Å². The molecule has 0 aliphatic heterocycles. The number of rotatable bonds is 10. The fraction of sp³-hybridized carbons (Fsp3) is 0.458. The highest BCUT2D eigenvalue weighted by molar-refractivity contribution is 7.11. The molecule has 8 heteroatoms. The van der Waals surface area contributed by atoms with Crippen molar-refractivity contribution in [1.82, 2.24) is 20.2 Å². The van der Waals surface area contributed by atoms with Crippen LogP contribution in [0.1, 0.15) is 60.2 Å². The SMILES string of the molecule is CCOC(=O)Cc1cc(CCc2cnc(CC(=O)Cc3cc(C(C)(C)C)n[nH]3)s2)ccn1. The van der Waals surface area contributed by atoms with Crippen LogP contribution in [0.4, 0.5) is 0 Å². The number of Topliss-reactive ketones (excluding diaryl/α,β-unsaturated/α-hetero) is 1. The summed E-state index contributed by atoms with van der Waals surface area (Å²) in [7, 11) is 0. The molecule has 0 aromatic carbocycles. The molecule has 0 saturated carbocycles. The van der Waals surface area contributed by atoms with Gasteiger partial charge in [-0.1, -0.05) is 20.8 Å². The number of H-pyrrole nitrogens is 1. The number of aryl methyl sites for hydroxylation is 2. The van der Waals surface area contributed by atoms with Crippen LogP contribution >= 0.6 is 11.3 Å². The van der Waals surface area contributed by atoms with Crippen LogP contribution in [0.25, 0.3) is 0 Å². The third kappa shape index (κ3) is 7.09. The lowest BCUT2D eigenvalue weighted by Crippen LogP contribution is -2.11. The molecule has 7 nitrogen and oxygen atoms in total. The molecule has 0 aliphatic carbocycles. The summed E-state index contributed by atoms with van der Waals surface area (Å²) >= 11 is 1.57. The second-order valence-corrected chi connectivity index (χ2v) is 9.98. The third-order valence-electron chi connectivity index (χ3n) is 4.91. The van der Waals surface area contributed by atoms with Gasteiger partial charge in [0, 0.05) is 34.8 Å². The molecule has 3 heterocycles. The number of aromatic nitrogens is 4. The van der Waals surface area contributed by atoms with Crippen molar-refractivity contribution < 1.29 is 14.3 Å². The number of nitrogens with zero attached hydrogens (tertiary/aromatic N) is 3. The van der Waals surface area contributed by atoms with Crippen LogP contribution in [-0.2, 0) is 51.8 Å². The molecule has 0 spiro atoms. The molecule has 3 aromatic rings. The Hall–Kier alpha value is -2.87. The lowest BCUT2D eigenvalue weighted by molar-refractivity contribution is -0.142. The van der Waals surface area contributed by atoms with Gasteiger partial charge in [0.25, 0.3) is 0 Å². The van der Waals surface area contributed by atoms with E-state index in [1.807, 2.05) is 24.4 Å².